The number of aliphatic hydroxyl groups is 1. The van der Waals surface area contributed by atoms with Crippen LogP contribution < -0.4 is 0 Å². The van der Waals surface area contributed by atoms with Gasteiger partial charge in [-0.15, -0.1) is 0 Å². The van der Waals surface area contributed by atoms with Crippen LogP contribution in [0, 0.1) is 0 Å². The highest BCUT2D eigenvalue weighted by Gasteiger charge is 2.45. The molecule has 0 aliphatic carbocycles. The molecule has 0 saturated heterocycles. The Kier molecular flexibility index (Phi) is 5.06. The summed E-state index contributed by atoms with van der Waals surface area (Å²) in [5.74, 6) is -0.0961. The summed E-state index contributed by atoms with van der Waals surface area (Å²) in [6.07, 6.45) is -1.26. The molecule has 0 aliphatic heterocycles. The molecule has 0 unspecified atom stereocenters. The molecule has 1 rings (SSSR count). The lowest BCUT2D eigenvalue weighted by molar-refractivity contribution is 0.189. The number of benzene rings is 1. The fraction of sp³-hybridized carbons (Fsp3) is 0.400. The van der Waals surface area contributed by atoms with E-state index in [0.29, 0.717) is 10.6 Å². The molecule has 0 radical (unpaired) electrons. The molecular formula is C10H11Br2ClO3S. The topological polar surface area (TPSA) is 54.4 Å². The highest BCUT2D eigenvalue weighted by Crippen LogP contribution is 2.44. The largest absolute Gasteiger partial charge is 0.385 e. The number of alkyl halides is 2. The van der Waals surface area contributed by atoms with Crippen molar-refractivity contribution in [1.29, 1.82) is 0 Å². The van der Waals surface area contributed by atoms with Crippen molar-refractivity contribution in [3.63, 3.8) is 0 Å². The lowest BCUT2D eigenvalue weighted by Crippen LogP contribution is -2.33. The summed E-state index contributed by atoms with van der Waals surface area (Å²) < 4.78 is 22.1. The molecule has 0 amide bonds. The van der Waals surface area contributed by atoms with Crippen LogP contribution in [0.25, 0.3) is 0 Å². The Bertz CT molecular complexity index is 502. The minimum atomic E-state index is -3.52. The average molecular weight is 407 g/mol. The second-order valence-electron chi connectivity index (χ2n) is 3.42. The van der Waals surface area contributed by atoms with Gasteiger partial charge in [-0.05, 0) is 17.7 Å². The molecule has 1 aromatic carbocycles. The third kappa shape index (κ3) is 3.23. The van der Waals surface area contributed by atoms with Gasteiger partial charge in [0.05, 0.1) is 0 Å². The fourth-order valence-electron chi connectivity index (χ4n) is 1.23. The van der Waals surface area contributed by atoms with Crippen LogP contribution in [0.1, 0.15) is 18.6 Å². The van der Waals surface area contributed by atoms with Crippen LogP contribution in [0.15, 0.2) is 24.3 Å². The Balaban J connectivity index is 3.17. The molecule has 3 nitrogen and oxygen atoms in total. The second-order valence-corrected chi connectivity index (χ2v) is 10.9. The van der Waals surface area contributed by atoms with Crippen LogP contribution in [-0.4, -0.2) is 21.8 Å². The van der Waals surface area contributed by atoms with Crippen LogP contribution >= 0.6 is 43.5 Å². The zero-order valence-electron chi connectivity index (χ0n) is 8.90. The van der Waals surface area contributed by atoms with Gasteiger partial charge in [0.1, 0.15) is 6.10 Å². The van der Waals surface area contributed by atoms with Crippen molar-refractivity contribution in [3.8, 4) is 0 Å². The Morgan fingerprint density at radius 1 is 1.47 bits per heavy atom. The predicted octanol–water partition coefficient (Wildman–Crippen LogP) is 3.25. The first kappa shape index (κ1) is 15.4. The van der Waals surface area contributed by atoms with Gasteiger partial charge in [0.25, 0.3) is 0 Å². The summed E-state index contributed by atoms with van der Waals surface area (Å²) in [7, 11) is -3.52. The van der Waals surface area contributed by atoms with E-state index in [9.17, 15) is 13.5 Å². The van der Waals surface area contributed by atoms with E-state index in [0.717, 1.165) is 0 Å². The van der Waals surface area contributed by atoms with Crippen molar-refractivity contribution in [1.82, 2.24) is 0 Å². The normalized spacial score (nSPS) is 14.6. The third-order valence-electron chi connectivity index (χ3n) is 2.28. The van der Waals surface area contributed by atoms with Gasteiger partial charge in [0, 0.05) is 10.8 Å². The molecule has 0 aliphatic rings. The lowest BCUT2D eigenvalue weighted by atomic mass is 10.1. The summed E-state index contributed by atoms with van der Waals surface area (Å²) in [6, 6.07) is 6.43. The van der Waals surface area contributed by atoms with Gasteiger partial charge in [0.15, 0.2) is 9.84 Å². The number of hydrogen-bond donors (Lipinski definition) is 1. The van der Waals surface area contributed by atoms with Crippen LogP contribution in [0.4, 0.5) is 0 Å². The number of aliphatic hydroxyl groups excluding tert-OH is 1. The van der Waals surface area contributed by atoms with Crippen molar-refractivity contribution in [3.05, 3.63) is 34.9 Å². The monoisotopic (exact) mass is 404 g/mol. The molecule has 1 atom stereocenters. The minimum absolute atomic E-state index is 0.0961. The van der Waals surface area contributed by atoms with Crippen LogP contribution in [-0.2, 0) is 9.84 Å². The standard InChI is InChI=1S/C10H11Br2ClO3S/c1-2-17(15,16)10(11,12)9(14)7-4-3-5-8(13)6-7/h3-6,9,14H,2H2,1H3/t9-/m1/s1. The molecule has 7 heteroatoms. The van der Waals surface area contributed by atoms with Crippen molar-refractivity contribution < 1.29 is 13.5 Å². The summed E-state index contributed by atoms with van der Waals surface area (Å²) in [5.41, 5.74) is 0.420. The van der Waals surface area contributed by atoms with Gasteiger partial charge in [0.2, 0.25) is 2.57 Å². The van der Waals surface area contributed by atoms with Crippen molar-refractivity contribution >= 4 is 53.3 Å². The quantitative estimate of drug-likeness (QED) is 0.781. The molecule has 0 fully saturated rings. The van der Waals surface area contributed by atoms with E-state index in [1.54, 1.807) is 18.2 Å². The van der Waals surface area contributed by atoms with E-state index in [2.05, 4.69) is 31.9 Å². The first-order valence-corrected chi connectivity index (χ1v) is 8.37. The number of sulfone groups is 1. The van der Waals surface area contributed by atoms with Gasteiger partial charge in [-0.25, -0.2) is 8.42 Å². The Labute approximate surface area is 122 Å². The first-order chi connectivity index (χ1) is 7.72. The van der Waals surface area contributed by atoms with Crippen molar-refractivity contribution in [2.45, 2.75) is 15.6 Å². The van der Waals surface area contributed by atoms with Gasteiger partial charge >= 0.3 is 0 Å². The molecule has 0 heterocycles. The summed E-state index contributed by atoms with van der Waals surface area (Å²) in [4.78, 5) is 0. The Morgan fingerprint density at radius 2 is 2.06 bits per heavy atom. The second kappa shape index (κ2) is 5.57. The Hall–Kier alpha value is 0.380. The summed E-state index contributed by atoms with van der Waals surface area (Å²) in [6.45, 7) is 1.51. The van der Waals surface area contributed by atoms with Crippen LogP contribution in [0.5, 0.6) is 0 Å². The van der Waals surface area contributed by atoms with Crippen molar-refractivity contribution in [2.75, 3.05) is 5.75 Å². The van der Waals surface area contributed by atoms with E-state index >= 15 is 0 Å². The smallest absolute Gasteiger partial charge is 0.210 e. The van der Waals surface area contributed by atoms with E-state index in [-0.39, 0.29) is 5.75 Å². The highest BCUT2D eigenvalue weighted by molar-refractivity contribution is 9.28. The zero-order chi connectivity index (χ0) is 13.3. The van der Waals surface area contributed by atoms with Gasteiger partial charge in [-0.1, -0.05) is 62.5 Å². The average Bonchev–Trinajstić information content (AvgIpc) is 2.27. The maximum absolute atomic E-state index is 11.8. The maximum atomic E-state index is 11.8. The predicted molar refractivity (Wildman–Crippen MR) is 76.5 cm³/mol. The molecule has 0 saturated carbocycles. The number of rotatable bonds is 4. The first-order valence-electron chi connectivity index (χ1n) is 4.76. The number of halogens is 3. The van der Waals surface area contributed by atoms with Gasteiger partial charge in [-0.3, -0.25) is 0 Å². The fourth-order valence-corrected chi connectivity index (χ4v) is 4.20. The van der Waals surface area contributed by atoms with Gasteiger partial charge in [-0.2, -0.15) is 0 Å². The van der Waals surface area contributed by atoms with E-state index in [4.69, 9.17) is 11.6 Å². The third-order valence-corrected chi connectivity index (χ3v) is 8.15. The summed E-state index contributed by atoms with van der Waals surface area (Å²) >= 11 is 11.8. The Morgan fingerprint density at radius 3 is 2.53 bits per heavy atom. The molecule has 17 heavy (non-hydrogen) atoms. The molecule has 1 aromatic rings. The van der Waals surface area contributed by atoms with E-state index in [1.165, 1.54) is 13.0 Å². The van der Waals surface area contributed by atoms with Crippen LogP contribution in [0.2, 0.25) is 5.02 Å². The molecule has 0 spiro atoms. The van der Waals surface area contributed by atoms with E-state index in [1.807, 2.05) is 0 Å². The molecule has 0 aromatic heterocycles. The van der Waals surface area contributed by atoms with Crippen LogP contribution in [0.3, 0.4) is 0 Å². The highest BCUT2D eigenvalue weighted by atomic mass is 79.9. The SMILES string of the molecule is CCS(=O)(=O)C(Br)(Br)[C@H](O)c1cccc(Cl)c1. The van der Waals surface area contributed by atoms with Crippen molar-refractivity contribution in [2.24, 2.45) is 0 Å². The molecular weight excluding hydrogens is 395 g/mol. The molecule has 1 N–H and O–H groups in total. The lowest BCUT2D eigenvalue weighted by Gasteiger charge is -2.26. The zero-order valence-corrected chi connectivity index (χ0v) is 13.6. The summed E-state index contributed by atoms with van der Waals surface area (Å²) in [5, 5.41) is 10.5. The maximum Gasteiger partial charge on any atom is 0.210 e. The number of hydrogen-bond acceptors (Lipinski definition) is 3. The minimum Gasteiger partial charge on any atom is -0.385 e. The molecule has 0 bridgehead atoms. The van der Waals surface area contributed by atoms with Gasteiger partial charge < -0.3 is 5.11 Å². The van der Waals surface area contributed by atoms with E-state index < -0.39 is 18.5 Å². The molecule has 96 valence electrons.